The first-order valence-electron chi connectivity index (χ1n) is 6.30. The van der Waals surface area contributed by atoms with E-state index in [9.17, 15) is 4.79 Å². The Kier molecular flexibility index (Phi) is 3.41. The molecule has 0 aromatic carbocycles. The molecule has 1 saturated carbocycles. The maximum absolute atomic E-state index is 12.0. The number of anilines is 1. The first-order chi connectivity index (χ1) is 8.11. The summed E-state index contributed by atoms with van der Waals surface area (Å²) >= 11 is 0. The number of nitrogens with two attached hydrogens (primary N) is 1. The van der Waals surface area contributed by atoms with Gasteiger partial charge in [0.15, 0.2) is 0 Å². The molecule has 4 heteroatoms. The van der Waals surface area contributed by atoms with Crippen molar-refractivity contribution in [1.29, 1.82) is 0 Å². The third-order valence-electron chi connectivity index (χ3n) is 3.02. The second kappa shape index (κ2) is 4.82. The van der Waals surface area contributed by atoms with Gasteiger partial charge in [0.2, 0.25) is 0 Å². The predicted molar refractivity (Wildman–Crippen MR) is 66.9 cm³/mol. The SMILES string of the molecule is CCCC(C)OC(=O)c1cc(N)cn1C1CC1. The highest BCUT2D eigenvalue weighted by Gasteiger charge is 2.28. The zero-order chi connectivity index (χ0) is 12.4. The van der Waals surface area contributed by atoms with Crippen LogP contribution < -0.4 is 5.73 Å². The highest BCUT2D eigenvalue weighted by Crippen LogP contribution is 2.37. The summed E-state index contributed by atoms with van der Waals surface area (Å²) in [7, 11) is 0. The third kappa shape index (κ3) is 2.81. The molecule has 1 heterocycles. The number of ether oxygens (including phenoxy) is 1. The van der Waals surface area contributed by atoms with Crippen LogP contribution in [0.25, 0.3) is 0 Å². The lowest BCUT2D eigenvalue weighted by Crippen LogP contribution is -2.17. The second-order valence-electron chi connectivity index (χ2n) is 4.80. The van der Waals surface area contributed by atoms with Crippen molar-refractivity contribution < 1.29 is 9.53 Å². The van der Waals surface area contributed by atoms with E-state index in [2.05, 4.69) is 6.92 Å². The van der Waals surface area contributed by atoms with E-state index in [1.165, 1.54) is 0 Å². The molecule has 1 fully saturated rings. The number of carbonyl (C=O) groups is 1. The molecule has 2 N–H and O–H groups in total. The Balaban J connectivity index is 2.07. The molecule has 1 aromatic rings. The van der Waals surface area contributed by atoms with E-state index < -0.39 is 0 Å². The minimum absolute atomic E-state index is 0.0312. The number of hydrogen-bond donors (Lipinski definition) is 1. The molecule has 0 spiro atoms. The molecule has 1 aliphatic rings. The molecule has 1 aromatic heterocycles. The molecular weight excluding hydrogens is 216 g/mol. The van der Waals surface area contributed by atoms with Gasteiger partial charge in [0.05, 0.1) is 11.8 Å². The third-order valence-corrected chi connectivity index (χ3v) is 3.02. The largest absolute Gasteiger partial charge is 0.458 e. The van der Waals surface area contributed by atoms with Crippen LogP contribution >= 0.6 is 0 Å². The summed E-state index contributed by atoms with van der Waals surface area (Å²) in [5.74, 6) is -0.255. The summed E-state index contributed by atoms with van der Waals surface area (Å²) in [4.78, 5) is 12.0. The molecule has 0 saturated heterocycles. The highest BCUT2D eigenvalue weighted by molar-refractivity contribution is 5.89. The molecule has 17 heavy (non-hydrogen) atoms. The Morgan fingerprint density at radius 2 is 2.35 bits per heavy atom. The number of hydrogen-bond acceptors (Lipinski definition) is 3. The van der Waals surface area contributed by atoms with E-state index in [0.717, 1.165) is 25.7 Å². The van der Waals surface area contributed by atoms with Crippen molar-refractivity contribution >= 4 is 11.7 Å². The Morgan fingerprint density at radius 3 is 2.94 bits per heavy atom. The average molecular weight is 236 g/mol. The van der Waals surface area contributed by atoms with Gasteiger partial charge < -0.3 is 15.0 Å². The van der Waals surface area contributed by atoms with Crippen molar-refractivity contribution in [2.75, 3.05) is 5.73 Å². The van der Waals surface area contributed by atoms with E-state index in [-0.39, 0.29) is 12.1 Å². The monoisotopic (exact) mass is 236 g/mol. The molecule has 0 bridgehead atoms. The maximum Gasteiger partial charge on any atom is 0.355 e. The molecule has 1 aliphatic carbocycles. The number of esters is 1. The van der Waals surface area contributed by atoms with Crippen molar-refractivity contribution in [3.8, 4) is 0 Å². The first kappa shape index (κ1) is 12.0. The van der Waals surface area contributed by atoms with Gasteiger partial charge in [-0.1, -0.05) is 13.3 Å². The van der Waals surface area contributed by atoms with Crippen molar-refractivity contribution in [2.45, 2.75) is 51.7 Å². The van der Waals surface area contributed by atoms with E-state index in [1.807, 2.05) is 17.7 Å². The molecule has 1 atom stereocenters. The first-order valence-corrected chi connectivity index (χ1v) is 6.30. The van der Waals surface area contributed by atoms with Crippen LogP contribution in [0, 0.1) is 0 Å². The Hall–Kier alpha value is -1.45. The summed E-state index contributed by atoms with van der Waals surface area (Å²) in [6.07, 6.45) is 5.96. The Morgan fingerprint density at radius 1 is 1.65 bits per heavy atom. The molecule has 1 unspecified atom stereocenters. The van der Waals surface area contributed by atoms with Gasteiger partial charge >= 0.3 is 5.97 Å². The van der Waals surface area contributed by atoms with Crippen molar-refractivity contribution in [2.24, 2.45) is 0 Å². The zero-order valence-corrected chi connectivity index (χ0v) is 10.5. The van der Waals surface area contributed by atoms with Crippen LogP contribution in [0.15, 0.2) is 12.3 Å². The van der Waals surface area contributed by atoms with Crippen LogP contribution in [0.1, 0.15) is 56.1 Å². The Labute approximate surface area is 102 Å². The van der Waals surface area contributed by atoms with Crippen LogP contribution in [0.4, 0.5) is 5.69 Å². The van der Waals surface area contributed by atoms with Gasteiger partial charge in [-0.05, 0) is 32.3 Å². The number of aromatic nitrogens is 1. The van der Waals surface area contributed by atoms with E-state index >= 15 is 0 Å². The average Bonchev–Trinajstić information content (AvgIpc) is 3.02. The number of carbonyl (C=O) groups excluding carboxylic acids is 1. The highest BCUT2D eigenvalue weighted by atomic mass is 16.5. The van der Waals surface area contributed by atoms with Gasteiger partial charge in [-0.2, -0.15) is 0 Å². The summed E-state index contributed by atoms with van der Waals surface area (Å²) < 4.78 is 7.35. The maximum atomic E-state index is 12.0. The zero-order valence-electron chi connectivity index (χ0n) is 10.5. The van der Waals surface area contributed by atoms with Crippen LogP contribution in [-0.4, -0.2) is 16.6 Å². The number of nitrogen functional groups attached to an aromatic ring is 1. The summed E-state index contributed by atoms with van der Waals surface area (Å²) in [6.45, 7) is 4.00. The molecule has 0 amide bonds. The van der Waals surface area contributed by atoms with Crippen LogP contribution in [-0.2, 0) is 4.74 Å². The van der Waals surface area contributed by atoms with Crippen molar-refractivity contribution in [1.82, 2.24) is 4.57 Å². The summed E-state index contributed by atoms with van der Waals surface area (Å²) in [5.41, 5.74) is 6.97. The Bertz CT molecular complexity index is 408. The van der Waals surface area contributed by atoms with Crippen molar-refractivity contribution in [3.05, 3.63) is 18.0 Å². The fourth-order valence-electron chi connectivity index (χ4n) is 2.03. The van der Waals surface area contributed by atoms with Gasteiger partial charge in [0.1, 0.15) is 5.69 Å². The molecule has 0 aliphatic heterocycles. The smallest absolute Gasteiger partial charge is 0.355 e. The fourth-order valence-corrected chi connectivity index (χ4v) is 2.03. The summed E-state index contributed by atoms with van der Waals surface area (Å²) in [5, 5.41) is 0. The van der Waals surface area contributed by atoms with Gasteiger partial charge in [-0.15, -0.1) is 0 Å². The number of rotatable bonds is 5. The van der Waals surface area contributed by atoms with Gasteiger partial charge in [-0.3, -0.25) is 0 Å². The lowest BCUT2D eigenvalue weighted by molar-refractivity contribution is 0.0310. The predicted octanol–water partition coefficient (Wildman–Crippen LogP) is 2.75. The topological polar surface area (TPSA) is 57.2 Å². The van der Waals surface area contributed by atoms with Crippen LogP contribution in [0.2, 0.25) is 0 Å². The normalized spacial score (nSPS) is 16.8. The summed E-state index contributed by atoms with van der Waals surface area (Å²) in [6, 6.07) is 2.15. The van der Waals surface area contributed by atoms with E-state index in [4.69, 9.17) is 10.5 Å². The standard InChI is InChI=1S/C13H20N2O2/c1-3-4-9(2)17-13(16)12-7-10(14)8-15(12)11-5-6-11/h7-9,11H,3-6,14H2,1-2H3. The molecular formula is C13H20N2O2. The molecule has 2 rings (SSSR count). The van der Waals surface area contributed by atoms with Gasteiger partial charge in [0, 0.05) is 12.2 Å². The van der Waals surface area contributed by atoms with Gasteiger partial charge in [0.25, 0.3) is 0 Å². The second-order valence-corrected chi connectivity index (χ2v) is 4.80. The minimum Gasteiger partial charge on any atom is -0.458 e. The fraction of sp³-hybridized carbons (Fsp3) is 0.615. The quantitative estimate of drug-likeness (QED) is 0.800. The lowest BCUT2D eigenvalue weighted by atomic mass is 10.2. The van der Waals surface area contributed by atoms with E-state index in [0.29, 0.717) is 17.4 Å². The van der Waals surface area contributed by atoms with Crippen molar-refractivity contribution in [3.63, 3.8) is 0 Å². The number of nitrogens with zero attached hydrogens (tertiary/aromatic N) is 1. The molecule has 0 radical (unpaired) electrons. The molecule has 4 nitrogen and oxygen atoms in total. The van der Waals surface area contributed by atoms with E-state index in [1.54, 1.807) is 6.07 Å². The van der Waals surface area contributed by atoms with Crippen LogP contribution in [0.3, 0.4) is 0 Å². The molecule has 94 valence electrons. The van der Waals surface area contributed by atoms with Gasteiger partial charge in [-0.25, -0.2) is 4.79 Å². The minimum atomic E-state index is -0.255. The lowest BCUT2D eigenvalue weighted by Gasteiger charge is -2.13. The van der Waals surface area contributed by atoms with Crippen LogP contribution in [0.5, 0.6) is 0 Å².